The molecule has 2 atom stereocenters. The van der Waals surface area contributed by atoms with Crippen molar-refractivity contribution < 1.29 is 22.4 Å². The van der Waals surface area contributed by atoms with Crippen LogP contribution in [0.25, 0.3) is 5.69 Å². The number of carbonyl (C=O) groups excluding carboxylic acids is 1. The highest BCUT2D eigenvalue weighted by molar-refractivity contribution is 5.95. The molecule has 1 amide bonds. The zero-order valence-corrected chi connectivity index (χ0v) is 14.3. The Bertz CT molecular complexity index is 1020. The SMILES string of the molecule is O=C(Nc1ccc(-n2cncn2)c(F)c1)[C@@H]1C[C@@H]1c1ccccc1C(F)(F)F. The van der Waals surface area contributed by atoms with Crippen LogP contribution in [0.3, 0.4) is 0 Å². The lowest BCUT2D eigenvalue weighted by atomic mass is 10.0. The van der Waals surface area contributed by atoms with Crippen molar-refractivity contribution >= 4 is 11.6 Å². The number of hydrogen-bond donors (Lipinski definition) is 1. The van der Waals surface area contributed by atoms with Crippen LogP contribution < -0.4 is 5.32 Å². The molecule has 1 saturated carbocycles. The Balaban J connectivity index is 1.47. The van der Waals surface area contributed by atoms with Crippen molar-refractivity contribution in [3.05, 3.63) is 72.1 Å². The van der Waals surface area contributed by atoms with Crippen LogP contribution in [0.5, 0.6) is 0 Å². The Labute approximate surface area is 157 Å². The lowest BCUT2D eigenvalue weighted by molar-refractivity contribution is -0.138. The fourth-order valence-corrected chi connectivity index (χ4v) is 3.25. The fraction of sp³-hybridized carbons (Fsp3) is 0.211. The first-order valence-corrected chi connectivity index (χ1v) is 8.46. The van der Waals surface area contributed by atoms with Gasteiger partial charge in [0, 0.05) is 11.6 Å². The second-order valence-corrected chi connectivity index (χ2v) is 6.53. The van der Waals surface area contributed by atoms with Gasteiger partial charge in [-0.25, -0.2) is 14.1 Å². The van der Waals surface area contributed by atoms with Crippen molar-refractivity contribution in [3.63, 3.8) is 0 Å². The summed E-state index contributed by atoms with van der Waals surface area (Å²) >= 11 is 0. The van der Waals surface area contributed by atoms with E-state index in [9.17, 15) is 22.4 Å². The van der Waals surface area contributed by atoms with E-state index in [4.69, 9.17) is 0 Å². The van der Waals surface area contributed by atoms with Crippen molar-refractivity contribution in [2.24, 2.45) is 5.92 Å². The summed E-state index contributed by atoms with van der Waals surface area (Å²) in [5, 5.41) is 6.40. The minimum atomic E-state index is -4.47. The summed E-state index contributed by atoms with van der Waals surface area (Å²) in [5.41, 5.74) is -0.221. The Hall–Kier alpha value is -3.23. The van der Waals surface area contributed by atoms with Crippen LogP contribution in [0.4, 0.5) is 23.2 Å². The molecule has 9 heteroatoms. The highest BCUT2D eigenvalue weighted by Gasteiger charge is 2.47. The van der Waals surface area contributed by atoms with Gasteiger partial charge in [-0.15, -0.1) is 0 Å². The molecule has 0 spiro atoms. The summed E-state index contributed by atoms with van der Waals surface area (Å²) in [7, 11) is 0. The van der Waals surface area contributed by atoms with E-state index in [0.717, 1.165) is 12.1 Å². The van der Waals surface area contributed by atoms with Crippen LogP contribution in [-0.2, 0) is 11.0 Å². The summed E-state index contributed by atoms with van der Waals surface area (Å²) in [6.45, 7) is 0. The number of alkyl halides is 3. The van der Waals surface area contributed by atoms with Crippen LogP contribution in [0, 0.1) is 11.7 Å². The largest absolute Gasteiger partial charge is 0.416 e. The van der Waals surface area contributed by atoms with E-state index in [2.05, 4.69) is 15.4 Å². The second-order valence-electron chi connectivity index (χ2n) is 6.53. The summed E-state index contributed by atoms with van der Waals surface area (Å²) in [4.78, 5) is 16.1. The topological polar surface area (TPSA) is 59.8 Å². The third-order valence-corrected chi connectivity index (χ3v) is 4.67. The molecule has 1 aliphatic rings. The maximum atomic E-state index is 14.2. The van der Waals surface area contributed by atoms with E-state index in [-0.39, 0.29) is 16.9 Å². The van der Waals surface area contributed by atoms with E-state index in [1.165, 1.54) is 47.7 Å². The normalized spacial score (nSPS) is 18.7. The summed E-state index contributed by atoms with van der Waals surface area (Å²) in [6, 6.07) is 9.32. The van der Waals surface area contributed by atoms with Crippen LogP contribution in [0.2, 0.25) is 0 Å². The molecule has 0 bridgehead atoms. The smallest absolute Gasteiger partial charge is 0.326 e. The van der Waals surface area contributed by atoms with E-state index < -0.39 is 35.3 Å². The third-order valence-electron chi connectivity index (χ3n) is 4.67. The number of benzene rings is 2. The van der Waals surface area contributed by atoms with Crippen molar-refractivity contribution in [2.75, 3.05) is 5.32 Å². The van der Waals surface area contributed by atoms with Crippen molar-refractivity contribution in [1.82, 2.24) is 14.8 Å². The average molecular weight is 390 g/mol. The molecule has 0 saturated heterocycles. The Morgan fingerprint density at radius 2 is 1.96 bits per heavy atom. The van der Waals surface area contributed by atoms with Crippen molar-refractivity contribution in [2.45, 2.75) is 18.5 Å². The molecule has 3 aromatic rings. The molecule has 0 radical (unpaired) electrons. The van der Waals surface area contributed by atoms with Gasteiger partial charge >= 0.3 is 6.18 Å². The quantitative estimate of drug-likeness (QED) is 0.681. The van der Waals surface area contributed by atoms with Gasteiger partial charge in [-0.05, 0) is 42.2 Å². The first-order chi connectivity index (χ1) is 13.3. The number of rotatable bonds is 4. The Morgan fingerprint density at radius 1 is 1.18 bits per heavy atom. The third kappa shape index (κ3) is 3.47. The molecular weight excluding hydrogens is 376 g/mol. The first kappa shape index (κ1) is 18.1. The highest BCUT2D eigenvalue weighted by Crippen LogP contribution is 2.51. The predicted octanol–water partition coefficient (Wildman–Crippen LogP) is 4.17. The Kier molecular flexibility index (Phi) is 4.37. The number of carbonyl (C=O) groups is 1. The molecule has 2 aromatic carbocycles. The number of nitrogens with zero attached hydrogens (tertiary/aromatic N) is 3. The van der Waals surface area contributed by atoms with Gasteiger partial charge in [0.05, 0.1) is 5.56 Å². The van der Waals surface area contributed by atoms with Crippen LogP contribution >= 0.6 is 0 Å². The summed E-state index contributed by atoms with van der Waals surface area (Å²) in [5.74, 6) is -2.13. The lowest BCUT2D eigenvalue weighted by Gasteiger charge is -2.12. The van der Waals surface area contributed by atoms with Gasteiger partial charge in [0.15, 0.2) is 5.82 Å². The van der Waals surface area contributed by atoms with Gasteiger partial charge in [-0.3, -0.25) is 4.79 Å². The molecule has 5 nitrogen and oxygen atoms in total. The van der Waals surface area contributed by atoms with Gasteiger partial charge in [0.25, 0.3) is 0 Å². The van der Waals surface area contributed by atoms with Gasteiger partial charge < -0.3 is 5.32 Å². The average Bonchev–Trinajstić information content (AvgIpc) is 3.27. The molecule has 4 rings (SSSR count). The fourth-order valence-electron chi connectivity index (χ4n) is 3.25. The van der Waals surface area contributed by atoms with E-state index in [0.29, 0.717) is 6.42 Å². The monoisotopic (exact) mass is 390 g/mol. The summed E-state index contributed by atoms with van der Waals surface area (Å²) < 4.78 is 55.0. The van der Waals surface area contributed by atoms with E-state index in [1.807, 2.05) is 0 Å². The van der Waals surface area contributed by atoms with E-state index >= 15 is 0 Å². The standard InChI is InChI=1S/C19H14F4N4O/c20-16-7-11(5-6-17(16)27-10-24-9-25-27)26-18(28)14-8-13(14)12-3-1-2-4-15(12)19(21,22)23/h1-7,9-10,13-14H,8H2,(H,26,28)/t13-,14-/m1/s1. The molecule has 0 aliphatic heterocycles. The second kappa shape index (κ2) is 6.74. The predicted molar refractivity (Wildman–Crippen MR) is 92.2 cm³/mol. The minimum Gasteiger partial charge on any atom is -0.326 e. The minimum absolute atomic E-state index is 0.114. The molecule has 28 heavy (non-hydrogen) atoms. The lowest BCUT2D eigenvalue weighted by Crippen LogP contribution is -2.16. The zero-order chi connectivity index (χ0) is 19.9. The van der Waals surface area contributed by atoms with Gasteiger partial charge in [-0.2, -0.15) is 18.3 Å². The molecular formula is C19H14F4N4O. The number of hydrogen-bond acceptors (Lipinski definition) is 3. The number of nitrogens with one attached hydrogen (secondary N) is 1. The zero-order valence-electron chi connectivity index (χ0n) is 14.3. The van der Waals surface area contributed by atoms with Crippen molar-refractivity contribution in [1.29, 1.82) is 0 Å². The maximum Gasteiger partial charge on any atom is 0.416 e. The molecule has 1 aromatic heterocycles. The Morgan fingerprint density at radius 3 is 2.64 bits per heavy atom. The van der Waals surface area contributed by atoms with Gasteiger partial charge in [0.1, 0.15) is 18.3 Å². The van der Waals surface area contributed by atoms with Gasteiger partial charge in [0.2, 0.25) is 5.91 Å². The van der Waals surface area contributed by atoms with Gasteiger partial charge in [-0.1, -0.05) is 18.2 Å². The first-order valence-electron chi connectivity index (χ1n) is 8.46. The molecule has 0 unspecified atom stereocenters. The number of aromatic nitrogens is 3. The van der Waals surface area contributed by atoms with Crippen LogP contribution in [0.1, 0.15) is 23.5 Å². The molecule has 1 aliphatic carbocycles. The number of amides is 1. The number of halogens is 4. The summed E-state index contributed by atoms with van der Waals surface area (Å²) in [6.07, 6.45) is -1.55. The molecule has 1 N–H and O–H groups in total. The van der Waals surface area contributed by atoms with E-state index in [1.54, 1.807) is 0 Å². The molecule has 144 valence electrons. The number of anilines is 1. The highest BCUT2D eigenvalue weighted by atomic mass is 19.4. The maximum absolute atomic E-state index is 14.2. The van der Waals surface area contributed by atoms with Crippen molar-refractivity contribution in [3.8, 4) is 5.69 Å². The molecule has 1 heterocycles. The molecule has 1 fully saturated rings. The van der Waals surface area contributed by atoms with Crippen LogP contribution in [-0.4, -0.2) is 20.7 Å². The van der Waals surface area contributed by atoms with Crippen LogP contribution in [0.15, 0.2) is 55.1 Å².